The number of imide groups is 1. The van der Waals surface area contributed by atoms with E-state index in [4.69, 9.17) is 14.2 Å². The monoisotopic (exact) mass is 545 g/mol. The van der Waals surface area contributed by atoms with E-state index in [1.54, 1.807) is 36.4 Å². The summed E-state index contributed by atoms with van der Waals surface area (Å²) in [5, 5.41) is -0.348. The molecule has 0 N–H and O–H groups in total. The molecular weight excluding hydrogens is 514 g/mol. The summed E-state index contributed by atoms with van der Waals surface area (Å²) in [6.45, 7) is 8.46. The fourth-order valence-corrected chi connectivity index (χ4v) is 4.91. The lowest BCUT2D eigenvalue weighted by molar-refractivity contribution is -0.123. The zero-order valence-corrected chi connectivity index (χ0v) is 23.5. The molecule has 1 aliphatic rings. The molecule has 0 unspecified atom stereocenters. The van der Waals surface area contributed by atoms with E-state index in [-0.39, 0.29) is 36.0 Å². The van der Waals surface area contributed by atoms with Crippen LogP contribution in [0.25, 0.3) is 6.08 Å². The molecule has 0 radical (unpaired) electrons. The van der Waals surface area contributed by atoms with E-state index in [2.05, 4.69) is 13.8 Å². The third-order valence-corrected chi connectivity index (χ3v) is 7.12. The quantitative estimate of drug-likeness (QED) is 0.167. The van der Waals surface area contributed by atoms with Gasteiger partial charge in [0.05, 0.1) is 24.1 Å². The lowest BCUT2D eigenvalue weighted by Gasteiger charge is -2.17. The number of methoxy groups -OCH3 is 1. The molecule has 1 heterocycles. The van der Waals surface area contributed by atoms with Crippen molar-refractivity contribution in [1.29, 1.82) is 0 Å². The number of aryl methyl sites for hydroxylation is 2. The predicted octanol–water partition coefficient (Wildman–Crippen LogP) is 6.77. The first-order valence-corrected chi connectivity index (χ1v) is 13.4. The van der Waals surface area contributed by atoms with Crippen molar-refractivity contribution >= 4 is 35.0 Å². The van der Waals surface area contributed by atoms with Crippen LogP contribution in [0.4, 0.5) is 4.79 Å². The van der Waals surface area contributed by atoms with Crippen molar-refractivity contribution in [3.63, 3.8) is 0 Å². The largest absolute Gasteiger partial charge is 0.493 e. The molecule has 0 saturated carbocycles. The second kappa shape index (κ2) is 12.2. The van der Waals surface area contributed by atoms with E-state index in [0.29, 0.717) is 21.8 Å². The molecule has 7 nitrogen and oxygen atoms in total. The highest BCUT2D eigenvalue weighted by Gasteiger charge is 2.35. The van der Waals surface area contributed by atoms with Crippen LogP contribution >= 0.6 is 11.8 Å². The molecule has 2 amide bonds. The fourth-order valence-electron chi connectivity index (χ4n) is 4.04. The average molecular weight is 546 g/mol. The summed E-state index contributed by atoms with van der Waals surface area (Å²) in [5.41, 5.74) is 4.25. The lowest BCUT2D eigenvalue weighted by atomic mass is 10.0. The Kier molecular flexibility index (Phi) is 8.76. The number of hydrogen-bond donors (Lipinski definition) is 0. The Labute approximate surface area is 232 Å². The normalized spacial score (nSPS) is 14.3. The van der Waals surface area contributed by atoms with Crippen molar-refractivity contribution < 1.29 is 28.6 Å². The van der Waals surface area contributed by atoms with Gasteiger partial charge in [-0.05, 0) is 84.6 Å². The molecule has 3 aromatic carbocycles. The van der Waals surface area contributed by atoms with Gasteiger partial charge in [-0.25, -0.2) is 4.79 Å². The van der Waals surface area contributed by atoms with Crippen molar-refractivity contribution in [2.45, 2.75) is 33.6 Å². The minimum absolute atomic E-state index is 0.144. The Hall–Kier alpha value is -4.04. The lowest BCUT2D eigenvalue weighted by Crippen LogP contribution is -2.32. The van der Waals surface area contributed by atoms with Crippen LogP contribution in [-0.4, -0.2) is 42.3 Å². The number of amides is 2. The first-order valence-electron chi connectivity index (χ1n) is 12.6. The maximum atomic E-state index is 13.0. The van der Waals surface area contributed by atoms with Crippen LogP contribution in [-0.2, 0) is 4.79 Å². The summed E-state index contributed by atoms with van der Waals surface area (Å²) < 4.78 is 16.9. The maximum Gasteiger partial charge on any atom is 0.343 e. The molecule has 0 atom stereocenters. The van der Waals surface area contributed by atoms with Gasteiger partial charge in [0.1, 0.15) is 12.4 Å². The molecule has 39 heavy (non-hydrogen) atoms. The van der Waals surface area contributed by atoms with Crippen LogP contribution in [0.5, 0.6) is 17.2 Å². The van der Waals surface area contributed by atoms with E-state index >= 15 is 0 Å². The molecule has 0 aliphatic carbocycles. The summed E-state index contributed by atoms with van der Waals surface area (Å²) in [5.74, 6) is 0.753. The van der Waals surface area contributed by atoms with Gasteiger partial charge in [-0.1, -0.05) is 49.7 Å². The molecule has 1 saturated heterocycles. The molecule has 0 bridgehead atoms. The number of carbonyl (C=O) groups is 3. The zero-order valence-electron chi connectivity index (χ0n) is 22.6. The number of nitrogens with zero attached hydrogens (tertiary/aromatic N) is 1. The smallest absolute Gasteiger partial charge is 0.343 e. The average Bonchev–Trinajstić information content (AvgIpc) is 3.17. The van der Waals surface area contributed by atoms with Crippen LogP contribution in [0.2, 0.25) is 0 Å². The number of esters is 1. The van der Waals surface area contributed by atoms with Crippen LogP contribution in [0, 0.1) is 13.8 Å². The zero-order chi connectivity index (χ0) is 28.1. The van der Waals surface area contributed by atoms with E-state index in [1.807, 2.05) is 44.2 Å². The fraction of sp³-hybridized carbons (Fsp3) is 0.258. The van der Waals surface area contributed by atoms with Gasteiger partial charge < -0.3 is 14.2 Å². The summed E-state index contributed by atoms with van der Waals surface area (Å²) in [4.78, 5) is 39.6. The Morgan fingerprint density at radius 3 is 2.33 bits per heavy atom. The number of benzene rings is 3. The molecule has 4 rings (SSSR count). The van der Waals surface area contributed by atoms with Crippen molar-refractivity contribution in [2.24, 2.45) is 0 Å². The number of carbonyl (C=O) groups excluding carboxylic acids is 3. The van der Waals surface area contributed by atoms with Crippen LogP contribution in [0.3, 0.4) is 0 Å². The highest BCUT2D eigenvalue weighted by molar-refractivity contribution is 8.18. The van der Waals surface area contributed by atoms with E-state index < -0.39 is 5.97 Å². The Morgan fingerprint density at radius 1 is 0.923 bits per heavy atom. The maximum absolute atomic E-state index is 13.0. The van der Waals surface area contributed by atoms with Crippen molar-refractivity contribution in [3.05, 3.63) is 93.4 Å². The Bertz CT molecular complexity index is 1430. The second-order valence-corrected chi connectivity index (χ2v) is 10.5. The summed E-state index contributed by atoms with van der Waals surface area (Å²) in [7, 11) is 1.47. The standard InChI is InChI=1S/C31H31NO6S/c1-19(2)24-12-8-21(4)16-26(24)37-15-14-32-29(33)28(39-31(32)35)18-22-9-13-25(27(17-22)36-5)38-30(34)23-10-6-20(3)7-11-23/h6-13,16-19H,14-15H2,1-5H3/b28-18-. The minimum atomic E-state index is -0.504. The molecule has 202 valence electrons. The molecule has 1 fully saturated rings. The van der Waals surface area contributed by atoms with Gasteiger partial charge in [0.15, 0.2) is 11.5 Å². The number of ether oxygens (including phenoxy) is 3. The SMILES string of the molecule is COc1cc(/C=C2\SC(=O)N(CCOc3cc(C)ccc3C(C)C)C2=O)ccc1OC(=O)c1ccc(C)cc1. The van der Waals surface area contributed by atoms with Crippen molar-refractivity contribution in [1.82, 2.24) is 4.90 Å². The van der Waals surface area contributed by atoms with Gasteiger partial charge in [0.2, 0.25) is 0 Å². The Morgan fingerprint density at radius 2 is 1.64 bits per heavy atom. The topological polar surface area (TPSA) is 82.1 Å². The van der Waals surface area contributed by atoms with Gasteiger partial charge in [-0.2, -0.15) is 0 Å². The molecule has 0 spiro atoms. The first-order chi connectivity index (χ1) is 18.7. The second-order valence-electron chi connectivity index (χ2n) is 9.54. The van der Waals surface area contributed by atoms with E-state index in [0.717, 1.165) is 34.2 Å². The van der Waals surface area contributed by atoms with Crippen LogP contribution in [0.1, 0.15) is 52.4 Å². The predicted molar refractivity (Wildman–Crippen MR) is 153 cm³/mol. The summed E-state index contributed by atoms with van der Waals surface area (Å²) in [6.07, 6.45) is 1.62. The minimum Gasteiger partial charge on any atom is -0.493 e. The van der Waals surface area contributed by atoms with Crippen molar-refractivity contribution in [2.75, 3.05) is 20.3 Å². The molecule has 0 aromatic heterocycles. The molecule has 3 aromatic rings. The van der Waals surface area contributed by atoms with Crippen molar-refractivity contribution in [3.8, 4) is 17.2 Å². The third kappa shape index (κ3) is 6.70. The molecule has 1 aliphatic heterocycles. The highest BCUT2D eigenvalue weighted by atomic mass is 32.2. The van der Waals surface area contributed by atoms with E-state index in [1.165, 1.54) is 12.0 Å². The number of thioether (sulfide) groups is 1. The van der Waals surface area contributed by atoms with Gasteiger partial charge in [0, 0.05) is 0 Å². The summed E-state index contributed by atoms with van der Waals surface area (Å²) >= 11 is 0.877. The number of hydrogen-bond acceptors (Lipinski definition) is 7. The summed E-state index contributed by atoms with van der Waals surface area (Å²) in [6, 6.07) is 18.1. The Balaban J connectivity index is 1.43. The highest BCUT2D eigenvalue weighted by Crippen LogP contribution is 2.35. The molecule has 8 heteroatoms. The van der Waals surface area contributed by atoms with Crippen LogP contribution < -0.4 is 14.2 Å². The van der Waals surface area contributed by atoms with Gasteiger partial charge in [-0.15, -0.1) is 0 Å². The third-order valence-electron chi connectivity index (χ3n) is 6.21. The van der Waals surface area contributed by atoms with Gasteiger partial charge in [0.25, 0.3) is 11.1 Å². The molecular formula is C31H31NO6S. The first kappa shape index (κ1) is 28.0. The van der Waals surface area contributed by atoms with Gasteiger partial charge in [-0.3, -0.25) is 14.5 Å². The number of rotatable bonds is 9. The van der Waals surface area contributed by atoms with Gasteiger partial charge >= 0.3 is 5.97 Å². The van der Waals surface area contributed by atoms with Crippen LogP contribution in [0.15, 0.2) is 65.6 Å². The van der Waals surface area contributed by atoms with E-state index in [9.17, 15) is 14.4 Å².